The molecule has 0 radical (unpaired) electrons. The Labute approximate surface area is 146 Å². The molecule has 3 rings (SSSR count). The fraction of sp³-hybridized carbons (Fsp3) is 0.400. The molecule has 5 heteroatoms. The van der Waals surface area contributed by atoms with Crippen LogP contribution in [0.4, 0.5) is 8.78 Å². The van der Waals surface area contributed by atoms with E-state index in [4.69, 9.17) is 9.47 Å². The molecule has 0 saturated heterocycles. The zero-order valence-corrected chi connectivity index (χ0v) is 14.4. The quantitative estimate of drug-likeness (QED) is 0.816. The van der Waals surface area contributed by atoms with Gasteiger partial charge in [0.25, 0.3) is 0 Å². The largest absolute Gasteiger partial charge is 0.493 e. The van der Waals surface area contributed by atoms with Gasteiger partial charge in [-0.15, -0.1) is 0 Å². The summed E-state index contributed by atoms with van der Waals surface area (Å²) in [7, 11) is 0. The molecule has 0 unspecified atom stereocenters. The fourth-order valence-corrected chi connectivity index (χ4v) is 2.91. The summed E-state index contributed by atoms with van der Waals surface area (Å²) in [6.45, 7) is 3.70. The van der Waals surface area contributed by atoms with Crippen LogP contribution in [0.5, 0.6) is 17.2 Å². The number of fused-ring (bicyclic) bond motifs is 1. The first-order chi connectivity index (χ1) is 11.8. The van der Waals surface area contributed by atoms with E-state index in [1.54, 1.807) is 19.9 Å². The Balaban J connectivity index is 1.77. The van der Waals surface area contributed by atoms with Crippen molar-refractivity contribution in [2.75, 3.05) is 6.61 Å². The lowest BCUT2D eigenvalue weighted by atomic mass is 10.1. The topological polar surface area (TPSA) is 38.7 Å². The first-order valence-electron chi connectivity index (χ1n) is 8.46. The number of hydrogen-bond donors (Lipinski definition) is 1. The first-order valence-corrected chi connectivity index (χ1v) is 8.46. The van der Waals surface area contributed by atoms with E-state index in [-0.39, 0.29) is 11.6 Å². The number of halogens is 2. The summed E-state index contributed by atoms with van der Waals surface area (Å²) in [5.41, 5.74) is 0.650. The molecule has 1 aliphatic carbocycles. The minimum absolute atomic E-state index is 0.0430. The third-order valence-electron chi connectivity index (χ3n) is 4.29. The van der Waals surface area contributed by atoms with Crippen LogP contribution in [0.2, 0.25) is 0 Å². The van der Waals surface area contributed by atoms with E-state index >= 15 is 0 Å². The maximum Gasteiger partial charge on any atom is 0.166 e. The number of benzene rings is 2. The summed E-state index contributed by atoms with van der Waals surface area (Å²) >= 11 is 0. The highest BCUT2D eigenvalue weighted by molar-refractivity contribution is 5.47. The highest BCUT2D eigenvalue weighted by Crippen LogP contribution is 2.36. The van der Waals surface area contributed by atoms with Crippen molar-refractivity contribution in [2.45, 2.75) is 45.1 Å². The molecule has 0 amide bonds. The van der Waals surface area contributed by atoms with E-state index < -0.39 is 11.4 Å². The molecule has 1 N–H and O–H groups in total. The molecule has 0 saturated carbocycles. The van der Waals surface area contributed by atoms with E-state index in [1.807, 2.05) is 0 Å². The average Bonchev–Trinajstić information content (AvgIpc) is 3.02. The SMILES string of the molecule is CC(C)(O)CCOc1ccc(F)c(Oc2ccc(F)c3c2CCC3)c1. The molecule has 2 aromatic rings. The van der Waals surface area contributed by atoms with Gasteiger partial charge >= 0.3 is 0 Å². The molecule has 1 aliphatic rings. The highest BCUT2D eigenvalue weighted by atomic mass is 19.1. The maximum absolute atomic E-state index is 14.1. The zero-order valence-electron chi connectivity index (χ0n) is 14.4. The van der Waals surface area contributed by atoms with Gasteiger partial charge in [-0.25, -0.2) is 8.78 Å². The monoisotopic (exact) mass is 348 g/mol. The Bertz CT molecular complexity index is 766. The van der Waals surface area contributed by atoms with Crippen LogP contribution in [-0.2, 0) is 12.8 Å². The third kappa shape index (κ3) is 4.28. The predicted octanol–water partition coefficient (Wildman–Crippen LogP) is 4.79. The Morgan fingerprint density at radius 3 is 2.48 bits per heavy atom. The Morgan fingerprint density at radius 2 is 1.72 bits per heavy atom. The van der Waals surface area contributed by atoms with E-state index in [0.717, 1.165) is 18.4 Å². The summed E-state index contributed by atoms with van der Waals surface area (Å²) in [5.74, 6) is 0.247. The van der Waals surface area contributed by atoms with E-state index in [2.05, 4.69) is 0 Å². The van der Waals surface area contributed by atoms with E-state index in [9.17, 15) is 13.9 Å². The second-order valence-corrected chi connectivity index (χ2v) is 6.96. The fourth-order valence-electron chi connectivity index (χ4n) is 2.91. The third-order valence-corrected chi connectivity index (χ3v) is 4.29. The Hall–Kier alpha value is -2.14. The van der Waals surface area contributed by atoms with Crippen molar-refractivity contribution >= 4 is 0 Å². The molecule has 0 aromatic heterocycles. The summed E-state index contributed by atoms with van der Waals surface area (Å²) < 4.78 is 39.2. The van der Waals surface area contributed by atoms with Crippen LogP contribution < -0.4 is 9.47 Å². The van der Waals surface area contributed by atoms with Crippen molar-refractivity contribution in [2.24, 2.45) is 0 Å². The molecule has 2 aromatic carbocycles. The molecule has 0 heterocycles. The zero-order chi connectivity index (χ0) is 18.0. The van der Waals surface area contributed by atoms with Crippen molar-refractivity contribution < 1.29 is 23.4 Å². The van der Waals surface area contributed by atoms with E-state index in [0.29, 0.717) is 36.5 Å². The van der Waals surface area contributed by atoms with Crippen LogP contribution >= 0.6 is 0 Å². The molecule has 0 aliphatic heterocycles. The van der Waals surface area contributed by atoms with Crippen LogP contribution in [-0.4, -0.2) is 17.3 Å². The molecule has 25 heavy (non-hydrogen) atoms. The highest BCUT2D eigenvalue weighted by Gasteiger charge is 2.21. The molecule has 0 spiro atoms. The standard InChI is InChI=1S/C20H22F2O3/c1-20(2,23)10-11-24-13-6-7-17(22)19(12-13)25-18-9-8-16(21)14-4-3-5-15(14)18/h6-9,12,23H,3-5,10-11H2,1-2H3. The van der Waals surface area contributed by atoms with Crippen LogP contribution in [0.1, 0.15) is 37.8 Å². The summed E-state index contributed by atoms with van der Waals surface area (Å²) in [5, 5.41) is 9.71. The minimum atomic E-state index is -0.825. The minimum Gasteiger partial charge on any atom is -0.493 e. The maximum atomic E-state index is 14.1. The van der Waals surface area contributed by atoms with Crippen molar-refractivity contribution in [3.63, 3.8) is 0 Å². The van der Waals surface area contributed by atoms with Gasteiger partial charge in [-0.05, 0) is 62.9 Å². The van der Waals surface area contributed by atoms with Crippen LogP contribution in [0.25, 0.3) is 0 Å². The first kappa shape index (κ1) is 17.7. The summed E-state index contributed by atoms with van der Waals surface area (Å²) in [6.07, 6.45) is 2.73. The second-order valence-electron chi connectivity index (χ2n) is 6.96. The second kappa shape index (κ2) is 7.00. The van der Waals surface area contributed by atoms with Gasteiger partial charge in [0.1, 0.15) is 17.3 Å². The van der Waals surface area contributed by atoms with Gasteiger partial charge in [-0.3, -0.25) is 0 Å². The van der Waals surface area contributed by atoms with Crippen LogP contribution in [0.3, 0.4) is 0 Å². The molecular formula is C20H22F2O3. The van der Waals surface area contributed by atoms with Crippen molar-refractivity contribution in [3.05, 3.63) is 53.1 Å². The molecule has 3 nitrogen and oxygen atoms in total. The molecule has 0 atom stereocenters. The lowest BCUT2D eigenvalue weighted by Gasteiger charge is -2.17. The average molecular weight is 348 g/mol. The van der Waals surface area contributed by atoms with Crippen molar-refractivity contribution in [1.82, 2.24) is 0 Å². The Morgan fingerprint density at radius 1 is 1.00 bits per heavy atom. The number of hydrogen-bond acceptors (Lipinski definition) is 3. The van der Waals surface area contributed by atoms with E-state index in [1.165, 1.54) is 24.3 Å². The smallest absolute Gasteiger partial charge is 0.166 e. The van der Waals surface area contributed by atoms with Gasteiger partial charge in [0.2, 0.25) is 0 Å². The summed E-state index contributed by atoms with van der Waals surface area (Å²) in [6, 6.07) is 7.17. The van der Waals surface area contributed by atoms with Crippen molar-refractivity contribution in [1.29, 1.82) is 0 Å². The number of aliphatic hydroxyl groups is 1. The molecule has 134 valence electrons. The van der Waals surface area contributed by atoms with Crippen LogP contribution in [0.15, 0.2) is 30.3 Å². The van der Waals surface area contributed by atoms with Gasteiger partial charge in [0, 0.05) is 18.1 Å². The Kier molecular flexibility index (Phi) is 4.95. The number of rotatable bonds is 6. The lowest BCUT2D eigenvalue weighted by Crippen LogP contribution is -2.21. The number of ether oxygens (including phenoxy) is 2. The van der Waals surface area contributed by atoms with Crippen molar-refractivity contribution in [3.8, 4) is 17.2 Å². The lowest BCUT2D eigenvalue weighted by molar-refractivity contribution is 0.0553. The van der Waals surface area contributed by atoms with Crippen LogP contribution in [0, 0.1) is 11.6 Å². The van der Waals surface area contributed by atoms with Gasteiger partial charge in [0.05, 0.1) is 12.2 Å². The normalized spacial score (nSPS) is 13.6. The van der Waals surface area contributed by atoms with Gasteiger partial charge in [-0.1, -0.05) is 0 Å². The van der Waals surface area contributed by atoms with Gasteiger partial charge in [-0.2, -0.15) is 0 Å². The van der Waals surface area contributed by atoms with Gasteiger partial charge < -0.3 is 14.6 Å². The molecular weight excluding hydrogens is 326 g/mol. The molecule has 0 bridgehead atoms. The predicted molar refractivity (Wildman–Crippen MR) is 91.3 cm³/mol. The molecule has 0 fully saturated rings. The van der Waals surface area contributed by atoms with Gasteiger partial charge in [0.15, 0.2) is 11.6 Å². The summed E-state index contributed by atoms with van der Waals surface area (Å²) in [4.78, 5) is 0.